The molecule has 0 aromatic heterocycles. The van der Waals surface area contributed by atoms with E-state index in [2.05, 4.69) is 24.0 Å². The number of hydrogen-bond acceptors (Lipinski definition) is 3. The number of benzene rings is 1. The molecule has 0 bridgehead atoms. The minimum Gasteiger partial charge on any atom is -0.399 e. The van der Waals surface area contributed by atoms with E-state index in [1.54, 1.807) is 0 Å². The Morgan fingerprint density at radius 3 is 2.50 bits per heavy atom. The summed E-state index contributed by atoms with van der Waals surface area (Å²) in [4.78, 5) is 2.52. The second-order valence-corrected chi connectivity index (χ2v) is 5.13. The number of rotatable bonds is 5. The van der Waals surface area contributed by atoms with Crippen LogP contribution in [0.3, 0.4) is 0 Å². The third kappa shape index (κ3) is 4.00. The lowest BCUT2D eigenvalue weighted by molar-refractivity contribution is 0.0521. The SMILES string of the molecule is CCN(Cc1ccc(N)cc1)CC1CCOCC1. The fraction of sp³-hybridized carbons (Fsp3) is 0.600. The highest BCUT2D eigenvalue weighted by Crippen LogP contribution is 2.17. The Kier molecular flexibility index (Phi) is 5.02. The van der Waals surface area contributed by atoms with Crippen LogP contribution in [0.1, 0.15) is 25.3 Å². The van der Waals surface area contributed by atoms with E-state index in [9.17, 15) is 0 Å². The van der Waals surface area contributed by atoms with Gasteiger partial charge in [-0.25, -0.2) is 0 Å². The average Bonchev–Trinajstić information content (AvgIpc) is 2.41. The van der Waals surface area contributed by atoms with Crippen molar-refractivity contribution >= 4 is 5.69 Å². The third-order valence-corrected chi connectivity index (χ3v) is 3.69. The third-order valence-electron chi connectivity index (χ3n) is 3.69. The topological polar surface area (TPSA) is 38.5 Å². The first-order valence-electron chi connectivity index (χ1n) is 6.92. The van der Waals surface area contributed by atoms with Crippen molar-refractivity contribution in [2.75, 3.05) is 32.0 Å². The molecule has 2 rings (SSSR count). The lowest BCUT2D eigenvalue weighted by Crippen LogP contribution is -2.32. The summed E-state index contributed by atoms with van der Waals surface area (Å²) in [5.74, 6) is 0.799. The van der Waals surface area contributed by atoms with Crippen LogP contribution in [-0.2, 0) is 11.3 Å². The molecule has 0 amide bonds. The van der Waals surface area contributed by atoms with Crippen LogP contribution in [0.4, 0.5) is 5.69 Å². The van der Waals surface area contributed by atoms with Gasteiger partial charge in [-0.05, 0) is 43.0 Å². The highest BCUT2D eigenvalue weighted by Gasteiger charge is 2.16. The molecule has 1 saturated heterocycles. The van der Waals surface area contributed by atoms with Gasteiger partial charge in [0.25, 0.3) is 0 Å². The lowest BCUT2D eigenvalue weighted by Gasteiger charge is -2.29. The van der Waals surface area contributed by atoms with Gasteiger partial charge in [0.2, 0.25) is 0 Å². The standard InChI is InChI=1S/C15H24N2O/c1-2-17(12-14-7-9-18-10-8-14)11-13-3-5-15(16)6-4-13/h3-6,14H,2,7-12,16H2,1H3. The Morgan fingerprint density at radius 1 is 1.22 bits per heavy atom. The van der Waals surface area contributed by atoms with E-state index in [4.69, 9.17) is 10.5 Å². The average molecular weight is 248 g/mol. The summed E-state index contributed by atoms with van der Waals surface area (Å²) in [5, 5.41) is 0. The van der Waals surface area contributed by atoms with Crippen LogP contribution in [0.5, 0.6) is 0 Å². The second kappa shape index (κ2) is 6.76. The second-order valence-electron chi connectivity index (χ2n) is 5.13. The predicted octanol–water partition coefficient (Wildman–Crippen LogP) is 2.52. The summed E-state index contributed by atoms with van der Waals surface area (Å²) >= 11 is 0. The zero-order valence-electron chi connectivity index (χ0n) is 11.3. The number of nitrogen functional groups attached to an aromatic ring is 1. The van der Waals surface area contributed by atoms with Crippen molar-refractivity contribution in [3.8, 4) is 0 Å². The molecule has 0 atom stereocenters. The molecule has 0 radical (unpaired) electrons. The van der Waals surface area contributed by atoms with Crippen molar-refractivity contribution < 1.29 is 4.74 Å². The number of ether oxygens (including phenoxy) is 1. The maximum absolute atomic E-state index is 5.71. The minimum atomic E-state index is 0.799. The Labute approximate surface area is 110 Å². The van der Waals surface area contributed by atoms with Crippen molar-refractivity contribution in [1.82, 2.24) is 4.90 Å². The van der Waals surface area contributed by atoms with Gasteiger partial charge in [0, 0.05) is 32.0 Å². The van der Waals surface area contributed by atoms with Gasteiger partial charge in [-0.1, -0.05) is 19.1 Å². The van der Waals surface area contributed by atoms with Crippen LogP contribution in [0, 0.1) is 5.92 Å². The number of anilines is 1. The highest BCUT2D eigenvalue weighted by atomic mass is 16.5. The van der Waals surface area contributed by atoms with Crippen LogP contribution in [0.15, 0.2) is 24.3 Å². The van der Waals surface area contributed by atoms with Gasteiger partial charge in [0.05, 0.1) is 0 Å². The van der Waals surface area contributed by atoms with Crippen molar-refractivity contribution in [1.29, 1.82) is 0 Å². The van der Waals surface area contributed by atoms with E-state index in [1.165, 1.54) is 24.9 Å². The first-order valence-corrected chi connectivity index (χ1v) is 6.92. The van der Waals surface area contributed by atoms with E-state index >= 15 is 0 Å². The Bertz CT molecular complexity index is 344. The van der Waals surface area contributed by atoms with Crippen molar-refractivity contribution in [3.05, 3.63) is 29.8 Å². The molecule has 1 fully saturated rings. The highest BCUT2D eigenvalue weighted by molar-refractivity contribution is 5.39. The van der Waals surface area contributed by atoms with E-state index in [0.717, 1.165) is 37.9 Å². The maximum atomic E-state index is 5.71. The van der Waals surface area contributed by atoms with Gasteiger partial charge in [-0.2, -0.15) is 0 Å². The molecule has 2 N–H and O–H groups in total. The van der Waals surface area contributed by atoms with Crippen LogP contribution in [0.25, 0.3) is 0 Å². The normalized spacial score (nSPS) is 17.2. The van der Waals surface area contributed by atoms with E-state index < -0.39 is 0 Å². The fourth-order valence-corrected chi connectivity index (χ4v) is 2.48. The molecule has 1 aliphatic rings. The van der Waals surface area contributed by atoms with E-state index in [0.29, 0.717) is 0 Å². The quantitative estimate of drug-likeness (QED) is 0.814. The van der Waals surface area contributed by atoms with Gasteiger partial charge >= 0.3 is 0 Å². The van der Waals surface area contributed by atoms with E-state index in [1.807, 2.05) is 12.1 Å². The molecule has 0 saturated carbocycles. The molecular formula is C15H24N2O. The summed E-state index contributed by atoms with van der Waals surface area (Å²) in [6.45, 7) is 7.41. The molecule has 1 heterocycles. The largest absolute Gasteiger partial charge is 0.399 e. The molecule has 3 heteroatoms. The van der Waals surface area contributed by atoms with Crippen LogP contribution in [0.2, 0.25) is 0 Å². The Morgan fingerprint density at radius 2 is 1.89 bits per heavy atom. The monoisotopic (exact) mass is 248 g/mol. The predicted molar refractivity (Wildman–Crippen MR) is 75.3 cm³/mol. The summed E-state index contributed by atoms with van der Waals surface area (Å²) in [6, 6.07) is 8.22. The van der Waals surface area contributed by atoms with Gasteiger partial charge in [0.1, 0.15) is 0 Å². The first-order chi connectivity index (χ1) is 8.78. The first kappa shape index (κ1) is 13.4. The lowest BCUT2D eigenvalue weighted by atomic mass is 9.99. The van der Waals surface area contributed by atoms with Gasteiger partial charge in [0.15, 0.2) is 0 Å². The Hall–Kier alpha value is -1.06. The Balaban J connectivity index is 1.86. The maximum Gasteiger partial charge on any atom is 0.0469 e. The summed E-state index contributed by atoms with van der Waals surface area (Å²) < 4.78 is 5.41. The molecule has 0 unspecified atom stereocenters. The number of hydrogen-bond donors (Lipinski definition) is 1. The molecule has 0 spiro atoms. The summed E-state index contributed by atoms with van der Waals surface area (Å²) in [6.07, 6.45) is 2.41. The van der Waals surface area contributed by atoms with Gasteiger partial charge in [-0.15, -0.1) is 0 Å². The number of nitrogens with zero attached hydrogens (tertiary/aromatic N) is 1. The minimum absolute atomic E-state index is 0.799. The van der Waals surface area contributed by atoms with Gasteiger partial charge < -0.3 is 10.5 Å². The molecule has 18 heavy (non-hydrogen) atoms. The molecule has 1 aromatic carbocycles. The molecular weight excluding hydrogens is 224 g/mol. The molecule has 1 aromatic rings. The summed E-state index contributed by atoms with van der Waals surface area (Å²) in [7, 11) is 0. The molecule has 100 valence electrons. The van der Waals surface area contributed by atoms with Crippen LogP contribution in [-0.4, -0.2) is 31.2 Å². The molecule has 0 aliphatic carbocycles. The van der Waals surface area contributed by atoms with Crippen LogP contribution < -0.4 is 5.73 Å². The van der Waals surface area contributed by atoms with Crippen molar-refractivity contribution in [2.24, 2.45) is 5.92 Å². The zero-order valence-corrected chi connectivity index (χ0v) is 11.3. The molecule has 1 aliphatic heterocycles. The summed E-state index contributed by atoms with van der Waals surface area (Å²) in [5.41, 5.74) is 7.90. The van der Waals surface area contributed by atoms with Gasteiger partial charge in [-0.3, -0.25) is 4.90 Å². The smallest absolute Gasteiger partial charge is 0.0469 e. The van der Waals surface area contributed by atoms with Crippen molar-refractivity contribution in [2.45, 2.75) is 26.3 Å². The van der Waals surface area contributed by atoms with Crippen LogP contribution >= 0.6 is 0 Å². The molecule has 3 nitrogen and oxygen atoms in total. The van der Waals surface area contributed by atoms with E-state index in [-0.39, 0.29) is 0 Å². The zero-order chi connectivity index (χ0) is 12.8. The fourth-order valence-electron chi connectivity index (χ4n) is 2.48. The number of nitrogens with two attached hydrogens (primary N) is 1. The van der Waals surface area contributed by atoms with Crippen molar-refractivity contribution in [3.63, 3.8) is 0 Å².